The van der Waals surface area contributed by atoms with Gasteiger partial charge in [-0.2, -0.15) is 15.0 Å². The van der Waals surface area contributed by atoms with Crippen LogP contribution in [0.2, 0.25) is 0 Å². The van der Waals surface area contributed by atoms with E-state index in [0.717, 1.165) is 51.0 Å². The van der Waals surface area contributed by atoms with Gasteiger partial charge in [0.25, 0.3) is 0 Å². The Morgan fingerprint density at radius 3 is 2.04 bits per heavy atom. The molecule has 0 aromatic carbocycles. The van der Waals surface area contributed by atoms with E-state index in [1.807, 2.05) is 38.2 Å². The summed E-state index contributed by atoms with van der Waals surface area (Å²) in [6.45, 7) is 9.13. The van der Waals surface area contributed by atoms with E-state index in [1.54, 1.807) is 0 Å². The number of rotatable bonds is 6. The molecular formula is C16H24N8. The Labute approximate surface area is 142 Å². The highest BCUT2D eigenvalue weighted by Crippen LogP contribution is 2.18. The molecule has 2 N–H and O–H groups in total. The summed E-state index contributed by atoms with van der Waals surface area (Å²) in [6, 6.07) is 6.01. The van der Waals surface area contributed by atoms with Crippen LogP contribution >= 0.6 is 0 Å². The molecule has 8 heteroatoms. The van der Waals surface area contributed by atoms with Gasteiger partial charge in [-0.3, -0.25) is 0 Å². The van der Waals surface area contributed by atoms with Crippen molar-refractivity contribution < 1.29 is 0 Å². The minimum absolute atomic E-state index is 0.616. The van der Waals surface area contributed by atoms with Gasteiger partial charge in [0.1, 0.15) is 5.82 Å². The second-order valence-electron chi connectivity index (χ2n) is 5.51. The van der Waals surface area contributed by atoms with Crippen molar-refractivity contribution in [2.45, 2.75) is 13.8 Å². The minimum atomic E-state index is 0.616. The highest BCUT2D eigenvalue weighted by molar-refractivity contribution is 5.46. The van der Waals surface area contributed by atoms with Crippen LogP contribution in [0.5, 0.6) is 0 Å². The summed E-state index contributed by atoms with van der Waals surface area (Å²) in [4.78, 5) is 22.4. The lowest BCUT2D eigenvalue weighted by Crippen LogP contribution is -2.47. The minimum Gasteiger partial charge on any atom is -0.354 e. The predicted molar refractivity (Wildman–Crippen MR) is 96.8 cm³/mol. The first-order valence-electron chi connectivity index (χ1n) is 8.45. The van der Waals surface area contributed by atoms with Gasteiger partial charge >= 0.3 is 0 Å². The van der Waals surface area contributed by atoms with E-state index in [0.29, 0.717) is 11.9 Å². The second-order valence-corrected chi connectivity index (χ2v) is 5.51. The number of nitrogens with zero attached hydrogens (tertiary/aromatic N) is 6. The zero-order valence-corrected chi connectivity index (χ0v) is 14.2. The molecule has 24 heavy (non-hydrogen) atoms. The van der Waals surface area contributed by atoms with Crippen molar-refractivity contribution in [3.05, 3.63) is 24.4 Å². The Kier molecular flexibility index (Phi) is 5.25. The molecule has 2 aromatic heterocycles. The standard InChI is InChI=1S/C16H24N8/c1-3-17-14-20-15(18-4-2)22-16(21-14)24-11-9-23(10-12-24)13-7-5-6-8-19-13/h5-8H,3-4,9-12H2,1-2H3,(H2,17,18,20,21,22). The van der Waals surface area contributed by atoms with E-state index < -0.39 is 0 Å². The summed E-state index contributed by atoms with van der Waals surface area (Å²) >= 11 is 0. The van der Waals surface area contributed by atoms with Crippen molar-refractivity contribution >= 4 is 23.7 Å². The van der Waals surface area contributed by atoms with Gasteiger partial charge in [-0.1, -0.05) is 6.07 Å². The zero-order valence-electron chi connectivity index (χ0n) is 14.2. The molecule has 0 atom stereocenters. The molecule has 3 rings (SSSR count). The molecule has 2 aromatic rings. The fourth-order valence-corrected chi connectivity index (χ4v) is 2.66. The van der Waals surface area contributed by atoms with Crippen molar-refractivity contribution in [2.75, 3.05) is 59.7 Å². The maximum atomic E-state index is 4.55. The average molecular weight is 328 g/mol. The molecule has 0 unspecified atom stereocenters. The normalized spacial score (nSPS) is 14.6. The number of hydrogen-bond acceptors (Lipinski definition) is 8. The molecule has 0 saturated carbocycles. The highest BCUT2D eigenvalue weighted by Gasteiger charge is 2.21. The molecule has 1 aliphatic rings. The summed E-state index contributed by atoms with van der Waals surface area (Å²) < 4.78 is 0. The van der Waals surface area contributed by atoms with Gasteiger partial charge in [0, 0.05) is 45.5 Å². The third-order valence-corrected chi connectivity index (χ3v) is 3.83. The lowest BCUT2D eigenvalue weighted by atomic mass is 10.3. The Morgan fingerprint density at radius 1 is 0.875 bits per heavy atom. The van der Waals surface area contributed by atoms with Crippen molar-refractivity contribution in [2.24, 2.45) is 0 Å². The van der Waals surface area contributed by atoms with E-state index in [1.165, 1.54) is 0 Å². The maximum Gasteiger partial charge on any atom is 0.232 e. The first kappa shape index (κ1) is 16.2. The fraction of sp³-hybridized carbons (Fsp3) is 0.500. The van der Waals surface area contributed by atoms with Crippen LogP contribution in [-0.2, 0) is 0 Å². The topological polar surface area (TPSA) is 82.1 Å². The molecule has 1 fully saturated rings. The van der Waals surface area contributed by atoms with Crippen LogP contribution < -0.4 is 20.4 Å². The molecule has 3 heterocycles. The molecule has 0 spiro atoms. The van der Waals surface area contributed by atoms with E-state index >= 15 is 0 Å². The second kappa shape index (κ2) is 7.76. The molecule has 0 amide bonds. The van der Waals surface area contributed by atoms with Crippen LogP contribution in [0, 0.1) is 0 Å². The Balaban J connectivity index is 1.71. The highest BCUT2D eigenvalue weighted by atomic mass is 15.4. The number of nitrogens with one attached hydrogen (secondary N) is 2. The van der Waals surface area contributed by atoms with Crippen LogP contribution in [0.1, 0.15) is 13.8 Å². The molecule has 0 radical (unpaired) electrons. The first-order valence-corrected chi connectivity index (χ1v) is 8.45. The van der Waals surface area contributed by atoms with E-state index in [4.69, 9.17) is 0 Å². The van der Waals surface area contributed by atoms with Gasteiger partial charge in [0.05, 0.1) is 0 Å². The summed E-state index contributed by atoms with van der Waals surface area (Å²) in [5, 5.41) is 6.34. The largest absolute Gasteiger partial charge is 0.354 e. The smallest absolute Gasteiger partial charge is 0.232 e. The number of hydrogen-bond donors (Lipinski definition) is 2. The average Bonchev–Trinajstić information content (AvgIpc) is 2.63. The zero-order chi connectivity index (χ0) is 16.8. The fourth-order valence-electron chi connectivity index (χ4n) is 2.66. The monoisotopic (exact) mass is 328 g/mol. The van der Waals surface area contributed by atoms with Crippen LogP contribution in [0.3, 0.4) is 0 Å². The molecule has 0 bridgehead atoms. The third kappa shape index (κ3) is 3.81. The van der Waals surface area contributed by atoms with Gasteiger partial charge in [-0.05, 0) is 26.0 Å². The van der Waals surface area contributed by atoms with Gasteiger partial charge in [0.15, 0.2) is 0 Å². The molecule has 1 saturated heterocycles. The van der Waals surface area contributed by atoms with E-state index in [2.05, 4.69) is 40.4 Å². The lowest BCUT2D eigenvalue weighted by Gasteiger charge is -2.35. The number of anilines is 4. The lowest BCUT2D eigenvalue weighted by molar-refractivity contribution is 0.634. The Bertz CT molecular complexity index is 616. The van der Waals surface area contributed by atoms with Gasteiger partial charge < -0.3 is 20.4 Å². The SMILES string of the molecule is CCNc1nc(NCC)nc(N2CCN(c3ccccn3)CC2)n1. The van der Waals surface area contributed by atoms with Gasteiger partial charge in [-0.15, -0.1) is 0 Å². The summed E-state index contributed by atoms with van der Waals surface area (Å²) in [7, 11) is 0. The Hall–Kier alpha value is -2.64. The molecule has 1 aliphatic heterocycles. The van der Waals surface area contributed by atoms with E-state index in [9.17, 15) is 0 Å². The number of piperazine rings is 1. The van der Waals surface area contributed by atoms with Crippen molar-refractivity contribution in [1.82, 2.24) is 19.9 Å². The number of aromatic nitrogens is 4. The first-order chi connectivity index (χ1) is 11.8. The molecular weight excluding hydrogens is 304 g/mol. The van der Waals surface area contributed by atoms with Crippen molar-refractivity contribution in [3.8, 4) is 0 Å². The molecule has 8 nitrogen and oxygen atoms in total. The summed E-state index contributed by atoms with van der Waals surface area (Å²) in [6.07, 6.45) is 1.83. The van der Waals surface area contributed by atoms with E-state index in [-0.39, 0.29) is 0 Å². The van der Waals surface area contributed by atoms with Crippen LogP contribution in [0.25, 0.3) is 0 Å². The van der Waals surface area contributed by atoms with Crippen LogP contribution in [-0.4, -0.2) is 59.2 Å². The van der Waals surface area contributed by atoms with Crippen molar-refractivity contribution in [1.29, 1.82) is 0 Å². The Morgan fingerprint density at radius 2 is 1.50 bits per heavy atom. The third-order valence-electron chi connectivity index (χ3n) is 3.83. The summed E-state index contributed by atoms with van der Waals surface area (Å²) in [5.74, 6) is 2.98. The molecule has 128 valence electrons. The van der Waals surface area contributed by atoms with Gasteiger partial charge in [-0.25, -0.2) is 4.98 Å². The predicted octanol–water partition coefficient (Wildman–Crippen LogP) is 1.46. The van der Waals surface area contributed by atoms with Gasteiger partial charge in [0.2, 0.25) is 17.8 Å². The van der Waals surface area contributed by atoms with Crippen LogP contribution in [0.4, 0.5) is 23.7 Å². The quantitative estimate of drug-likeness (QED) is 0.825. The molecule has 0 aliphatic carbocycles. The van der Waals surface area contributed by atoms with Crippen molar-refractivity contribution in [3.63, 3.8) is 0 Å². The summed E-state index contributed by atoms with van der Waals surface area (Å²) in [5.41, 5.74) is 0. The maximum absolute atomic E-state index is 4.55. The van der Waals surface area contributed by atoms with Crippen LogP contribution in [0.15, 0.2) is 24.4 Å². The number of pyridine rings is 1.